The summed E-state index contributed by atoms with van der Waals surface area (Å²) in [7, 11) is 0. The van der Waals surface area contributed by atoms with Crippen molar-refractivity contribution in [3.63, 3.8) is 0 Å². The van der Waals surface area contributed by atoms with Crippen molar-refractivity contribution in [2.45, 2.75) is 6.92 Å². The first-order chi connectivity index (χ1) is 8.16. The van der Waals surface area contributed by atoms with E-state index in [1.165, 1.54) is 6.07 Å². The first-order valence-electron chi connectivity index (χ1n) is 5.29. The van der Waals surface area contributed by atoms with Gasteiger partial charge in [-0.2, -0.15) is 4.99 Å². The van der Waals surface area contributed by atoms with Gasteiger partial charge in [-0.1, -0.05) is 12.1 Å². The zero-order valence-corrected chi connectivity index (χ0v) is 9.38. The lowest BCUT2D eigenvalue weighted by molar-refractivity contribution is 0.259. The molecule has 90 valence electrons. The molecule has 1 aromatic rings. The molecule has 1 heterocycles. The molecule has 1 aliphatic rings. The highest BCUT2D eigenvalue weighted by Gasteiger charge is 2.11. The molecule has 0 atom stereocenters. The number of nitrogens with zero attached hydrogens (tertiary/aromatic N) is 1. The van der Waals surface area contributed by atoms with Gasteiger partial charge in [0.15, 0.2) is 0 Å². The molecule has 0 aromatic heterocycles. The monoisotopic (exact) mass is 236 g/mol. The number of benzene rings is 1. The number of para-hydroxylation sites is 1. The zero-order chi connectivity index (χ0) is 12.3. The molecule has 6 heteroatoms. The maximum absolute atomic E-state index is 13.4. The number of halogens is 1. The average molecular weight is 236 g/mol. The Morgan fingerprint density at radius 2 is 2.12 bits per heavy atom. The van der Waals surface area contributed by atoms with Gasteiger partial charge in [-0.3, -0.25) is 0 Å². The third-order valence-electron chi connectivity index (χ3n) is 2.38. The van der Waals surface area contributed by atoms with Crippen molar-refractivity contribution in [3.8, 4) is 0 Å². The normalized spacial score (nSPS) is 13.9. The Morgan fingerprint density at radius 3 is 2.76 bits per heavy atom. The Hall–Kier alpha value is -2.11. The number of anilines is 1. The van der Waals surface area contributed by atoms with E-state index in [9.17, 15) is 9.18 Å². The van der Waals surface area contributed by atoms with E-state index >= 15 is 0 Å². The Balaban J connectivity index is 2.10. The van der Waals surface area contributed by atoms with E-state index in [1.54, 1.807) is 19.1 Å². The number of hydrogen-bond donors (Lipinski definition) is 3. The third kappa shape index (κ3) is 2.72. The van der Waals surface area contributed by atoms with Crippen LogP contribution in [0, 0.1) is 12.7 Å². The summed E-state index contributed by atoms with van der Waals surface area (Å²) in [5.74, 6) is -0.0533. The first-order valence-corrected chi connectivity index (χ1v) is 5.29. The van der Waals surface area contributed by atoms with E-state index in [-0.39, 0.29) is 5.69 Å². The number of nitrogens with one attached hydrogen (secondary N) is 3. The van der Waals surface area contributed by atoms with Crippen molar-refractivity contribution in [3.05, 3.63) is 29.6 Å². The summed E-state index contributed by atoms with van der Waals surface area (Å²) < 4.78 is 13.4. The van der Waals surface area contributed by atoms with Gasteiger partial charge < -0.3 is 16.0 Å². The summed E-state index contributed by atoms with van der Waals surface area (Å²) in [6.45, 7) is 3.17. The molecule has 0 aliphatic carbocycles. The average Bonchev–Trinajstić information content (AvgIpc) is 2.76. The maximum atomic E-state index is 13.4. The maximum Gasteiger partial charge on any atom is 0.348 e. The molecule has 1 saturated heterocycles. The number of carbonyl (C=O) groups is 1. The van der Waals surface area contributed by atoms with Crippen LogP contribution in [0.1, 0.15) is 5.56 Å². The van der Waals surface area contributed by atoms with Crippen LogP contribution >= 0.6 is 0 Å². The summed E-state index contributed by atoms with van der Waals surface area (Å²) in [4.78, 5) is 15.3. The first kappa shape index (κ1) is 11.4. The summed E-state index contributed by atoms with van der Waals surface area (Å²) in [6, 6.07) is 4.00. The van der Waals surface area contributed by atoms with Crippen molar-refractivity contribution in [1.29, 1.82) is 0 Å². The standard InChI is InChI=1S/C11H13FN4O/c1-7-3-2-4-8(12)9(7)15-11(17)16-10-13-5-6-14-10/h2-4H,5-6H2,1H3,(H3,13,14,15,16,17). The number of hydrogen-bond acceptors (Lipinski definition) is 1. The minimum Gasteiger partial charge on any atom is -0.354 e. The predicted octanol–water partition coefficient (Wildman–Crippen LogP) is 1.21. The van der Waals surface area contributed by atoms with Crippen LogP contribution in [-0.2, 0) is 0 Å². The highest BCUT2D eigenvalue weighted by Crippen LogP contribution is 2.18. The van der Waals surface area contributed by atoms with E-state index in [1.807, 2.05) is 0 Å². The smallest absolute Gasteiger partial charge is 0.348 e. The summed E-state index contributed by atoms with van der Waals surface area (Å²) in [5.41, 5.74) is 0.825. The highest BCUT2D eigenvalue weighted by atomic mass is 19.1. The van der Waals surface area contributed by atoms with Gasteiger partial charge in [-0.25, -0.2) is 9.18 Å². The number of aryl methyl sites for hydroxylation is 1. The molecule has 2 rings (SSSR count). The summed E-state index contributed by atoms with van der Waals surface area (Å²) in [5, 5.41) is 8.20. The van der Waals surface area contributed by atoms with E-state index in [2.05, 4.69) is 20.9 Å². The number of guanidine groups is 1. The van der Waals surface area contributed by atoms with Crippen LogP contribution in [0.5, 0.6) is 0 Å². The van der Waals surface area contributed by atoms with Crippen LogP contribution in [0.3, 0.4) is 0 Å². The van der Waals surface area contributed by atoms with Crippen molar-refractivity contribution in [2.24, 2.45) is 4.99 Å². The third-order valence-corrected chi connectivity index (χ3v) is 2.38. The highest BCUT2D eigenvalue weighted by molar-refractivity contribution is 6.00. The van der Waals surface area contributed by atoms with Gasteiger partial charge in [-0.15, -0.1) is 0 Å². The molecule has 0 saturated carbocycles. The molecule has 5 nitrogen and oxygen atoms in total. The molecule has 1 aromatic carbocycles. The second kappa shape index (κ2) is 4.82. The lowest BCUT2D eigenvalue weighted by atomic mass is 10.2. The van der Waals surface area contributed by atoms with Crippen LogP contribution < -0.4 is 16.0 Å². The molecule has 1 fully saturated rings. The number of urea groups is 1. The molecule has 3 N–H and O–H groups in total. The molecule has 17 heavy (non-hydrogen) atoms. The summed E-state index contributed by atoms with van der Waals surface area (Å²) >= 11 is 0. The SMILES string of the molecule is Cc1cccc(F)c1NC(=O)N=C1NCCN1. The number of amides is 2. The Labute approximate surface area is 98.1 Å². The molecular weight excluding hydrogens is 223 g/mol. The van der Waals surface area contributed by atoms with E-state index in [0.717, 1.165) is 13.1 Å². The van der Waals surface area contributed by atoms with Gasteiger partial charge in [0.2, 0.25) is 5.96 Å². The zero-order valence-electron chi connectivity index (χ0n) is 9.38. The molecule has 0 spiro atoms. The van der Waals surface area contributed by atoms with Crippen LogP contribution in [0.15, 0.2) is 23.2 Å². The topological polar surface area (TPSA) is 65.5 Å². The van der Waals surface area contributed by atoms with E-state index in [4.69, 9.17) is 0 Å². The molecule has 2 amide bonds. The van der Waals surface area contributed by atoms with Crippen LogP contribution in [0.2, 0.25) is 0 Å². The van der Waals surface area contributed by atoms with Gasteiger partial charge in [0.05, 0.1) is 5.69 Å². The quantitative estimate of drug-likeness (QED) is 0.686. The molecule has 1 aliphatic heterocycles. The predicted molar refractivity (Wildman–Crippen MR) is 63.6 cm³/mol. The lowest BCUT2D eigenvalue weighted by Crippen LogP contribution is -2.26. The lowest BCUT2D eigenvalue weighted by Gasteiger charge is -2.07. The van der Waals surface area contributed by atoms with Gasteiger partial charge in [0.1, 0.15) is 5.82 Å². The minimum atomic E-state index is -0.602. The number of aliphatic imine (C=N–C) groups is 1. The Bertz CT molecular complexity index is 444. The second-order valence-electron chi connectivity index (χ2n) is 3.68. The van der Waals surface area contributed by atoms with Gasteiger partial charge >= 0.3 is 6.03 Å². The molecular formula is C11H13FN4O. The van der Waals surface area contributed by atoms with Crippen LogP contribution in [0.4, 0.5) is 14.9 Å². The van der Waals surface area contributed by atoms with Crippen LogP contribution in [0.25, 0.3) is 0 Å². The number of carbonyl (C=O) groups excluding carboxylic acids is 1. The molecule has 0 radical (unpaired) electrons. The van der Waals surface area contributed by atoms with Gasteiger partial charge in [0, 0.05) is 13.1 Å². The van der Waals surface area contributed by atoms with Crippen molar-refractivity contribution in [1.82, 2.24) is 10.6 Å². The van der Waals surface area contributed by atoms with Gasteiger partial charge in [0.25, 0.3) is 0 Å². The number of rotatable bonds is 1. The van der Waals surface area contributed by atoms with Crippen molar-refractivity contribution < 1.29 is 9.18 Å². The molecule has 0 unspecified atom stereocenters. The fraction of sp³-hybridized carbons (Fsp3) is 0.273. The van der Waals surface area contributed by atoms with Crippen molar-refractivity contribution >= 4 is 17.7 Å². The van der Waals surface area contributed by atoms with Crippen molar-refractivity contribution in [2.75, 3.05) is 18.4 Å². The van der Waals surface area contributed by atoms with Gasteiger partial charge in [-0.05, 0) is 18.6 Å². The Morgan fingerprint density at radius 1 is 1.41 bits per heavy atom. The minimum absolute atomic E-state index is 0.167. The fourth-order valence-electron chi connectivity index (χ4n) is 1.53. The molecule has 0 bridgehead atoms. The largest absolute Gasteiger partial charge is 0.354 e. The second-order valence-corrected chi connectivity index (χ2v) is 3.68. The Kier molecular flexibility index (Phi) is 3.22. The summed E-state index contributed by atoms with van der Waals surface area (Å²) in [6.07, 6.45) is 0. The van der Waals surface area contributed by atoms with Crippen LogP contribution in [-0.4, -0.2) is 25.1 Å². The fourth-order valence-corrected chi connectivity index (χ4v) is 1.53. The van der Waals surface area contributed by atoms with E-state index < -0.39 is 11.8 Å². The van der Waals surface area contributed by atoms with E-state index in [0.29, 0.717) is 11.5 Å².